The zero-order valence-electron chi connectivity index (χ0n) is 13.0. The average Bonchev–Trinajstić information content (AvgIpc) is 3.25. The Morgan fingerprint density at radius 2 is 1.96 bits per heavy atom. The Balaban J connectivity index is 1.58. The van der Waals surface area contributed by atoms with Crippen molar-refractivity contribution in [3.05, 3.63) is 59.4 Å². The van der Waals surface area contributed by atoms with Crippen LogP contribution in [0.2, 0.25) is 0 Å². The van der Waals surface area contributed by atoms with E-state index in [2.05, 4.69) is 0 Å². The minimum Gasteiger partial charge on any atom is -0.429 e. The van der Waals surface area contributed by atoms with Gasteiger partial charge in [0.15, 0.2) is 5.78 Å². The van der Waals surface area contributed by atoms with E-state index < -0.39 is 6.16 Å². The Morgan fingerprint density at radius 3 is 2.70 bits per heavy atom. The van der Waals surface area contributed by atoms with Crippen molar-refractivity contribution in [3.8, 4) is 0 Å². The summed E-state index contributed by atoms with van der Waals surface area (Å²) >= 11 is 0. The van der Waals surface area contributed by atoms with Gasteiger partial charge in [0.25, 0.3) is 0 Å². The van der Waals surface area contributed by atoms with Crippen molar-refractivity contribution in [2.24, 2.45) is 5.92 Å². The first kappa shape index (κ1) is 15.5. The number of hydrogen-bond acceptors (Lipinski definition) is 4. The van der Waals surface area contributed by atoms with E-state index >= 15 is 0 Å². The fraction of sp³-hybridized carbons (Fsp3) is 0.368. The maximum atomic E-state index is 12.5. The number of rotatable bonds is 5. The van der Waals surface area contributed by atoms with Gasteiger partial charge >= 0.3 is 6.16 Å². The maximum Gasteiger partial charge on any atom is 0.513 e. The van der Waals surface area contributed by atoms with Gasteiger partial charge in [-0.1, -0.05) is 42.5 Å². The molecule has 0 aromatic heterocycles. The highest BCUT2D eigenvalue weighted by molar-refractivity contribution is 5.99. The molecule has 0 spiro atoms. The Bertz CT molecular complexity index is 643. The van der Waals surface area contributed by atoms with Crippen molar-refractivity contribution in [2.45, 2.75) is 38.7 Å². The normalized spacial score (nSPS) is 19.9. The van der Waals surface area contributed by atoms with Gasteiger partial charge in [-0.2, -0.15) is 0 Å². The van der Waals surface area contributed by atoms with Crippen LogP contribution in [-0.4, -0.2) is 11.9 Å². The number of ketones is 1. The molecule has 0 heterocycles. The molecule has 0 fully saturated rings. The second kappa shape index (κ2) is 7.27. The molecule has 0 aliphatic heterocycles. The lowest BCUT2D eigenvalue weighted by Gasteiger charge is -2.11. The fourth-order valence-electron chi connectivity index (χ4n) is 3.01. The minimum atomic E-state index is -0.738. The van der Waals surface area contributed by atoms with Crippen molar-refractivity contribution in [1.29, 1.82) is 0 Å². The molecule has 0 saturated heterocycles. The van der Waals surface area contributed by atoms with Crippen molar-refractivity contribution in [2.75, 3.05) is 0 Å². The first-order valence-corrected chi connectivity index (χ1v) is 8.05. The second-order valence-electron chi connectivity index (χ2n) is 5.86. The molecule has 23 heavy (non-hydrogen) atoms. The SMILES string of the molecule is O=C(OCc1ccccc1)OC1=C(C(=O)C2C=CCC2)CCC1. The van der Waals surface area contributed by atoms with Crippen LogP contribution in [-0.2, 0) is 20.9 Å². The first-order chi connectivity index (χ1) is 11.2. The molecule has 1 atom stereocenters. The van der Waals surface area contributed by atoms with E-state index in [-0.39, 0.29) is 18.3 Å². The molecule has 4 heteroatoms. The zero-order valence-corrected chi connectivity index (χ0v) is 13.0. The topological polar surface area (TPSA) is 52.6 Å². The van der Waals surface area contributed by atoms with E-state index in [0.29, 0.717) is 24.2 Å². The van der Waals surface area contributed by atoms with E-state index in [1.807, 2.05) is 42.5 Å². The van der Waals surface area contributed by atoms with Gasteiger partial charge in [-0.25, -0.2) is 4.79 Å². The van der Waals surface area contributed by atoms with Gasteiger partial charge in [-0.3, -0.25) is 4.79 Å². The maximum absolute atomic E-state index is 12.5. The zero-order chi connectivity index (χ0) is 16.1. The molecule has 4 nitrogen and oxygen atoms in total. The summed E-state index contributed by atoms with van der Waals surface area (Å²) < 4.78 is 10.4. The smallest absolute Gasteiger partial charge is 0.429 e. The molecule has 3 rings (SSSR count). The summed E-state index contributed by atoms with van der Waals surface area (Å²) in [4.78, 5) is 24.3. The second-order valence-corrected chi connectivity index (χ2v) is 5.86. The quantitative estimate of drug-likeness (QED) is 0.600. The van der Waals surface area contributed by atoms with Gasteiger partial charge in [-0.15, -0.1) is 0 Å². The summed E-state index contributed by atoms with van der Waals surface area (Å²) in [5, 5.41) is 0. The van der Waals surface area contributed by atoms with Crippen LogP contribution in [0.25, 0.3) is 0 Å². The molecule has 1 aromatic rings. The van der Waals surface area contributed by atoms with Crippen LogP contribution >= 0.6 is 0 Å². The van der Waals surface area contributed by atoms with Gasteiger partial charge in [0.05, 0.1) is 0 Å². The van der Waals surface area contributed by atoms with E-state index in [1.165, 1.54) is 0 Å². The number of hydrogen-bond donors (Lipinski definition) is 0. The molecule has 0 saturated carbocycles. The third kappa shape index (κ3) is 3.89. The molecule has 2 aliphatic carbocycles. The third-order valence-corrected chi connectivity index (χ3v) is 4.22. The summed E-state index contributed by atoms with van der Waals surface area (Å²) in [6, 6.07) is 9.43. The Kier molecular flexibility index (Phi) is 4.91. The predicted octanol–water partition coefficient (Wildman–Crippen LogP) is 4.31. The third-order valence-electron chi connectivity index (χ3n) is 4.22. The molecular formula is C19H20O4. The van der Waals surface area contributed by atoms with E-state index in [0.717, 1.165) is 24.8 Å². The highest BCUT2D eigenvalue weighted by Crippen LogP contribution is 2.32. The van der Waals surface area contributed by atoms with Gasteiger partial charge in [-0.05, 0) is 31.2 Å². The monoisotopic (exact) mass is 312 g/mol. The van der Waals surface area contributed by atoms with Crippen LogP contribution in [0, 0.1) is 5.92 Å². The van der Waals surface area contributed by atoms with Crippen LogP contribution in [0.15, 0.2) is 53.8 Å². The van der Waals surface area contributed by atoms with Crippen molar-refractivity contribution in [3.63, 3.8) is 0 Å². The molecule has 0 radical (unpaired) electrons. The summed E-state index contributed by atoms with van der Waals surface area (Å²) in [6.07, 6.45) is 7.21. The molecule has 1 unspecified atom stereocenters. The van der Waals surface area contributed by atoms with E-state index in [1.54, 1.807) is 0 Å². The van der Waals surface area contributed by atoms with Crippen molar-refractivity contribution >= 4 is 11.9 Å². The van der Waals surface area contributed by atoms with Crippen LogP contribution in [0.5, 0.6) is 0 Å². The molecule has 120 valence electrons. The first-order valence-electron chi connectivity index (χ1n) is 8.05. The lowest BCUT2D eigenvalue weighted by molar-refractivity contribution is -0.118. The van der Waals surface area contributed by atoms with Crippen LogP contribution in [0.3, 0.4) is 0 Å². The van der Waals surface area contributed by atoms with Crippen LogP contribution < -0.4 is 0 Å². The van der Waals surface area contributed by atoms with E-state index in [4.69, 9.17) is 9.47 Å². The highest BCUT2D eigenvalue weighted by Gasteiger charge is 2.29. The lowest BCUT2D eigenvalue weighted by Crippen LogP contribution is -2.15. The Labute approximate surface area is 135 Å². The van der Waals surface area contributed by atoms with Gasteiger partial charge in [0, 0.05) is 17.9 Å². The summed E-state index contributed by atoms with van der Waals surface area (Å²) in [5.74, 6) is 0.539. The number of carbonyl (C=O) groups is 2. The lowest BCUT2D eigenvalue weighted by atomic mass is 9.96. The number of carbonyl (C=O) groups excluding carboxylic acids is 2. The predicted molar refractivity (Wildman–Crippen MR) is 85.5 cm³/mol. The Hall–Kier alpha value is -2.36. The number of ether oxygens (including phenoxy) is 2. The molecule has 0 amide bonds. The number of Topliss-reactive ketones (excluding diaryl/α,β-unsaturated/α-hetero) is 1. The van der Waals surface area contributed by atoms with Gasteiger partial charge < -0.3 is 9.47 Å². The van der Waals surface area contributed by atoms with Gasteiger partial charge in [0.2, 0.25) is 0 Å². The van der Waals surface area contributed by atoms with Crippen LogP contribution in [0.1, 0.15) is 37.7 Å². The largest absolute Gasteiger partial charge is 0.513 e. The Morgan fingerprint density at radius 1 is 1.13 bits per heavy atom. The average molecular weight is 312 g/mol. The standard InChI is InChI=1S/C19H20O4/c20-18(15-9-4-5-10-15)16-11-6-12-17(16)23-19(21)22-13-14-7-2-1-3-8-14/h1-4,7-9,15H,5-6,10-13H2. The molecule has 0 N–H and O–H groups in total. The molecule has 0 bridgehead atoms. The van der Waals surface area contributed by atoms with E-state index in [9.17, 15) is 9.59 Å². The molecular weight excluding hydrogens is 292 g/mol. The highest BCUT2D eigenvalue weighted by atomic mass is 16.7. The molecule has 2 aliphatic rings. The fourth-order valence-corrected chi connectivity index (χ4v) is 3.01. The van der Waals surface area contributed by atoms with Crippen LogP contribution in [0.4, 0.5) is 4.79 Å². The van der Waals surface area contributed by atoms with Gasteiger partial charge in [0.1, 0.15) is 12.4 Å². The van der Waals surface area contributed by atoms with Crippen molar-refractivity contribution in [1.82, 2.24) is 0 Å². The van der Waals surface area contributed by atoms with Crippen molar-refractivity contribution < 1.29 is 19.1 Å². The molecule has 1 aromatic carbocycles. The summed E-state index contributed by atoms with van der Waals surface area (Å²) in [6.45, 7) is 0.168. The number of benzene rings is 1. The summed E-state index contributed by atoms with van der Waals surface area (Å²) in [7, 11) is 0. The minimum absolute atomic E-state index is 0.0537. The number of allylic oxidation sites excluding steroid dienone is 4. The summed E-state index contributed by atoms with van der Waals surface area (Å²) in [5.41, 5.74) is 1.57.